The average Bonchev–Trinajstić information content (AvgIpc) is 2.76. The van der Waals surface area contributed by atoms with Crippen molar-refractivity contribution in [2.75, 3.05) is 34.4 Å². The van der Waals surface area contributed by atoms with E-state index in [1.807, 2.05) is 0 Å². The highest BCUT2D eigenvalue weighted by molar-refractivity contribution is 5.89. The van der Waals surface area contributed by atoms with Crippen LogP contribution in [0.2, 0.25) is 0 Å². The third kappa shape index (κ3) is 5.30. The van der Waals surface area contributed by atoms with Crippen LogP contribution in [0.3, 0.4) is 0 Å². The number of esters is 1. The zero-order valence-electron chi connectivity index (χ0n) is 17.9. The molecule has 0 aromatic heterocycles. The minimum Gasteiger partial charge on any atom is -0.493 e. The van der Waals surface area contributed by atoms with Crippen LogP contribution in [0.25, 0.3) is 0 Å². The lowest BCUT2D eigenvalue weighted by atomic mass is 9.89. The topological polar surface area (TPSA) is 48.0 Å². The van der Waals surface area contributed by atoms with Crippen LogP contribution in [0, 0.1) is 5.82 Å². The molecule has 0 spiro atoms. The monoisotopic (exact) mass is 415 g/mol. The summed E-state index contributed by atoms with van der Waals surface area (Å²) in [5.74, 6) is 0.778. The van der Waals surface area contributed by atoms with Crippen molar-refractivity contribution in [1.29, 1.82) is 0 Å². The number of fused-ring (bicyclic) bond motifs is 1. The first-order chi connectivity index (χ1) is 14.5. The Morgan fingerprint density at radius 1 is 1.07 bits per heavy atom. The van der Waals surface area contributed by atoms with E-state index in [0.29, 0.717) is 18.2 Å². The van der Waals surface area contributed by atoms with E-state index in [1.165, 1.54) is 35.4 Å². The van der Waals surface area contributed by atoms with Gasteiger partial charge in [0.1, 0.15) is 5.82 Å². The van der Waals surface area contributed by atoms with Gasteiger partial charge in [0.05, 0.1) is 26.4 Å². The van der Waals surface area contributed by atoms with E-state index < -0.39 is 5.97 Å². The first-order valence-electron chi connectivity index (χ1n) is 10.4. The predicted octanol–water partition coefficient (Wildman–Crippen LogP) is 4.79. The van der Waals surface area contributed by atoms with Crippen molar-refractivity contribution in [2.45, 2.75) is 38.1 Å². The van der Waals surface area contributed by atoms with E-state index in [2.05, 4.69) is 24.1 Å². The Morgan fingerprint density at radius 3 is 2.47 bits per heavy atom. The van der Waals surface area contributed by atoms with Crippen molar-refractivity contribution in [3.63, 3.8) is 0 Å². The molecule has 1 unspecified atom stereocenters. The lowest BCUT2D eigenvalue weighted by Gasteiger charge is -2.35. The quantitative estimate of drug-likeness (QED) is 0.435. The van der Waals surface area contributed by atoms with Crippen LogP contribution in [0.1, 0.15) is 53.2 Å². The third-order valence-corrected chi connectivity index (χ3v) is 5.71. The molecule has 162 valence electrons. The van der Waals surface area contributed by atoms with Gasteiger partial charge in [-0.25, -0.2) is 9.18 Å². The van der Waals surface area contributed by atoms with Crippen LogP contribution in [0.15, 0.2) is 36.4 Å². The average molecular weight is 416 g/mol. The van der Waals surface area contributed by atoms with Crippen LogP contribution in [0.5, 0.6) is 11.5 Å². The number of likely N-dealkylation sites (N-methyl/N-ethyl adjacent to an activating group) is 1. The summed E-state index contributed by atoms with van der Waals surface area (Å²) < 4.78 is 29.2. The molecule has 1 heterocycles. The Bertz CT molecular complexity index is 853. The number of carbonyl (C=O) groups excluding carboxylic acids is 1. The molecule has 5 nitrogen and oxygen atoms in total. The Morgan fingerprint density at radius 2 is 1.77 bits per heavy atom. The molecule has 0 amide bonds. The fourth-order valence-corrected chi connectivity index (χ4v) is 3.98. The number of benzene rings is 2. The normalized spacial score (nSPS) is 16.1. The van der Waals surface area contributed by atoms with Gasteiger partial charge < -0.3 is 14.2 Å². The summed E-state index contributed by atoms with van der Waals surface area (Å²) in [5, 5.41) is 0. The van der Waals surface area contributed by atoms with Gasteiger partial charge >= 0.3 is 5.97 Å². The summed E-state index contributed by atoms with van der Waals surface area (Å²) in [6.45, 7) is 1.39. The Hall–Kier alpha value is -2.60. The van der Waals surface area contributed by atoms with E-state index in [1.54, 1.807) is 14.2 Å². The molecule has 0 aliphatic carbocycles. The van der Waals surface area contributed by atoms with E-state index in [9.17, 15) is 9.18 Å². The van der Waals surface area contributed by atoms with E-state index in [4.69, 9.17) is 14.2 Å². The Labute approximate surface area is 177 Å². The van der Waals surface area contributed by atoms with Crippen LogP contribution < -0.4 is 9.47 Å². The molecule has 3 rings (SSSR count). The number of hydrogen-bond donors (Lipinski definition) is 0. The summed E-state index contributed by atoms with van der Waals surface area (Å²) in [6, 6.07) is 9.96. The fraction of sp³-hybridized carbons (Fsp3) is 0.458. The summed E-state index contributed by atoms with van der Waals surface area (Å²) in [5.41, 5.74) is 3.01. The van der Waals surface area contributed by atoms with Crippen LogP contribution >= 0.6 is 0 Å². The van der Waals surface area contributed by atoms with Crippen LogP contribution in [-0.4, -0.2) is 45.3 Å². The number of nitrogens with zero attached hydrogens (tertiary/aromatic N) is 1. The second kappa shape index (κ2) is 10.4. The van der Waals surface area contributed by atoms with Crippen molar-refractivity contribution in [2.24, 2.45) is 0 Å². The maximum atomic E-state index is 12.9. The van der Waals surface area contributed by atoms with Gasteiger partial charge in [-0.3, -0.25) is 4.90 Å². The Kier molecular flexibility index (Phi) is 7.69. The Balaban J connectivity index is 1.48. The molecule has 30 heavy (non-hydrogen) atoms. The van der Waals surface area contributed by atoms with Crippen molar-refractivity contribution < 1.29 is 23.4 Å². The largest absolute Gasteiger partial charge is 0.493 e. The van der Waals surface area contributed by atoms with Crippen molar-refractivity contribution >= 4 is 5.97 Å². The predicted molar refractivity (Wildman–Crippen MR) is 114 cm³/mol. The second-order valence-electron chi connectivity index (χ2n) is 7.64. The van der Waals surface area contributed by atoms with Crippen LogP contribution in [-0.2, 0) is 11.2 Å². The first-order valence-corrected chi connectivity index (χ1v) is 10.4. The van der Waals surface area contributed by atoms with Gasteiger partial charge in [0.25, 0.3) is 0 Å². The van der Waals surface area contributed by atoms with Gasteiger partial charge in [-0.2, -0.15) is 0 Å². The summed E-state index contributed by atoms with van der Waals surface area (Å²) >= 11 is 0. The summed E-state index contributed by atoms with van der Waals surface area (Å²) in [6.07, 6.45) is 4.86. The lowest BCUT2D eigenvalue weighted by molar-refractivity contribution is 0.0497. The highest BCUT2D eigenvalue weighted by Crippen LogP contribution is 2.39. The van der Waals surface area contributed by atoms with Crippen molar-refractivity contribution in [3.8, 4) is 11.5 Å². The molecule has 6 heteroatoms. The number of rotatable bonds is 9. The number of halogens is 1. The molecule has 1 aliphatic heterocycles. The fourth-order valence-electron chi connectivity index (χ4n) is 3.98. The van der Waals surface area contributed by atoms with Gasteiger partial charge in [0.2, 0.25) is 0 Å². The second-order valence-corrected chi connectivity index (χ2v) is 7.64. The maximum absolute atomic E-state index is 12.9. The molecule has 0 saturated carbocycles. The van der Waals surface area contributed by atoms with Gasteiger partial charge in [0.15, 0.2) is 11.5 Å². The number of ether oxygens (including phenoxy) is 3. The third-order valence-electron chi connectivity index (χ3n) is 5.71. The standard InChI is InChI=1S/C24H30FNO4/c1-26-13-12-18-15-22(28-2)23(29-3)16-20(18)21(26)7-5-4-6-14-30-24(27)17-8-10-19(25)11-9-17/h8-11,15-16,21H,4-7,12-14H2,1-3H3. The molecule has 0 bridgehead atoms. The maximum Gasteiger partial charge on any atom is 0.338 e. The van der Waals surface area contributed by atoms with E-state index in [0.717, 1.165) is 50.1 Å². The van der Waals surface area contributed by atoms with Crippen molar-refractivity contribution in [1.82, 2.24) is 4.90 Å². The van der Waals surface area contributed by atoms with Gasteiger partial charge in [0, 0.05) is 12.6 Å². The summed E-state index contributed by atoms with van der Waals surface area (Å²) in [7, 11) is 5.49. The number of unbranched alkanes of at least 4 members (excludes halogenated alkanes) is 2. The first kappa shape index (κ1) is 22.1. The molecule has 0 fully saturated rings. The van der Waals surface area contributed by atoms with Gasteiger partial charge in [-0.15, -0.1) is 0 Å². The van der Waals surface area contributed by atoms with E-state index in [-0.39, 0.29) is 5.82 Å². The molecule has 0 saturated heterocycles. The minimum atomic E-state index is -0.406. The van der Waals surface area contributed by atoms with Crippen LogP contribution in [0.4, 0.5) is 4.39 Å². The molecule has 0 N–H and O–H groups in total. The molecule has 1 aliphatic rings. The lowest BCUT2D eigenvalue weighted by Crippen LogP contribution is -2.32. The summed E-state index contributed by atoms with van der Waals surface area (Å²) in [4.78, 5) is 14.3. The van der Waals surface area contributed by atoms with Gasteiger partial charge in [-0.1, -0.05) is 6.42 Å². The SMILES string of the molecule is COc1cc2c(cc1OC)C(CCCCCOC(=O)c1ccc(F)cc1)N(C)CC2. The molecular formula is C24H30FNO4. The minimum absolute atomic E-state index is 0.343. The van der Waals surface area contributed by atoms with Crippen molar-refractivity contribution in [3.05, 3.63) is 58.9 Å². The number of hydrogen-bond acceptors (Lipinski definition) is 5. The number of methoxy groups -OCH3 is 2. The molecule has 2 aromatic rings. The molecule has 0 radical (unpaired) electrons. The highest BCUT2D eigenvalue weighted by atomic mass is 19.1. The zero-order valence-corrected chi connectivity index (χ0v) is 17.9. The molecular weight excluding hydrogens is 385 g/mol. The number of carbonyl (C=O) groups is 1. The molecule has 2 aromatic carbocycles. The molecule has 1 atom stereocenters. The van der Waals surface area contributed by atoms with Gasteiger partial charge in [-0.05, 0) is 80.3 Å². The van der Waals surface area contributed by atoms with E-state index >= 15 is 0 Å². The zero-order chi connectivity index (χ0) is 21.5. The smallest absolute Gasteiger partial charge is 0.338 e. The highest BCUT2D eigenvalue weighted by Gasteiger charge is 2.26.